The zero-order valence-electron chi connectivity index (χ0n) is 13.5. The van der Waals surface area contributed by atoms with Crippen LogP contribution in [0.5, 0.6) is 0 Å². The van der Waals surface area contributed by atoms with Gasteiger partial charge in [-0.2, -0.15) is 5.10 Å². The van der Waals surface area contributed by atoms with Crippen molar-refractivity contribution >= 4 is 11.1 Å². The van der Waals surface area contributed by atoms with Crippen LogP contribution >= 0.6 is 0 Å². The third-order valence-corrected chi connectivity index (χ3v) is 3.87. The fourth-order valence-corrected chi connectivity index (χ4v) is 2.85. The zero-order chi connectivity index (χ0) is 16.0. The molecule has 6 heteroatoms. The Morgan fingerprint density at radius 2 is 1.88 bits per heavy atom. The topological polar surface area (TPSA) is 56.7 Å². The molecule has 0 bridgehead atoms. The summed E-state index contributed by atoms with van der Waals surface area (Å²) < 4.78 is 7.36. The summed E-state index contributed by atoms with van der Waals surface area (Å²) in [7, 11) is 0. The maximum Gasteiger partial charge on any atom is 0.180 e. The summed E-state index contributed by atoms with van der Waals surface area (Å²) in [5.41, 5.74) is 5.71. The van der Waals surface area contributed by atoms with Gasteiger partial charge in [-0.3, -0.25) is 9.67 Å². The molecule has 0 saturated carbocycles. The van der Waals surface area contributed by atoms with Crippen molar-refractivity contribution in [1.29, 1.82) is 0 Å². The molecule has 4 rings (SSSR count). The average Bonchev–Trinajstić information content (AvgIpc) is 3.11. The van der Waals surface area contributed by atoms with Crippen LogP contribution in [0.2, 0.25) is 0 Å². The van der Waals surface area contributed by atoms with E-state index >= 15 is 0 Å². The predicted molar refractivity (Wildman–Crippen MR) is 87.4 cm³/mol. The minimum Gasteiger partial charge on any atom is -0.488 e. The van der Waals surface area contributed by atoms with Crippen LogP contribution < -0.4 is 0 Å². The van der Waals surface area contributed by atoms with Crippen LogP contribution in [0.15, 0.2) is 41.1 Å². The number of nitrogens with zero attached hydrogens (tertiary/aromatic N) is 4. The van der Waals surface area contributed by atoms with Gasteiger partial charge in [-0.1, -0.05) is 18.2 Å². The van der Waals surface area contributed by atoms with Gasteiger partial charge in [0.05, 0.1) is 17.1 Å². The van der Waals surface area contributed by atoms with Crippen molar-refractivity contribution in [3.63, 3.8) is 0 Å². The third-order valence-electron chi connectivity index (χ3n) is 3.87. The second kappa shape index (κ2) is 6.30. The number of para-hydroxylation sites is 1. The van der Waals surface area contributed by atoms with Gasteiger partial charge >= 0.3 is 0 Å². The van der Waals surface area contributed by atoms with Crippen LogP contribution in [-0.4, -0.2) is 19.7 Å². The SMILES string of the molecule is Cc1nc2cc(-c3ncnn3-c3c(C)cccc3C)[c-]cc2o1.[Ir]. The molecular weight excluding hydrogens is 480 g/mol. The van der Waals surface area contributed by atoms with Crippen molar-refractivity contribution in [2.24, 2.45) is 0 Å². The van der Waals surface area contributed by atoms with Crippen molar-refractivity contribution in [2.75, 3.05) is 0 Å². The molecule has 24 heavy (non-hydrogen) atoms. The summed E-state index contributed by atoms with van der Waals surface area (Å²) in [6.07, 6.45) is 1.56. The molecule has 5 nitrogen and oxygen atoms in total. The molecule has 0 spiro atoms. The molecule has 2 heterocycles. The maximum absolute atomic E-state index is 5.51. The number of aryl methyl sites for hydroxylation is 3. The summed E-state index contributed by atoms with van der Waals surface area (Å²) in [6.45, 7) is 5.97. The molecule has 0 aliphatic heterocycles. The van der Waals surface area contributed by atoms with Gasteiger partial charge in [-0.05, 0) is 25.0 Å². The van der Waals surface area contributed by atoms with Crippen LogP contribution in [0.3, 0.4) is 0 Å². The Hall–Kier alpha value is -2.30. The van der Waals surface area contributed by atoms with Gasteiger partial charge in [0.2, 0.25) is 0 Å². The standard InChI is InChI=1S/C18H15N4O.Ir/c1-11-5-4-6-12(2)17(11)22-18(19-10-20-22)14-7-8-16-15(9-14)21-13(3)23-16;/h4-6,8-10H,1-3H3;/q-1;. The van der Waals surface area contributed by atoms with Gasteiger partial charge in [0.1, 0.15) is 6.33 Å². The Balaban J connectivity index is 0.00000169. The van der Waals surface area contributed by atoms with Gasteiger partial charge in [-0.25, -0.2) is 4.98 Å². The first-order chi connectivity index (χ1) is 11.1. The van der Waals surface area contributed by atoms with E-state index in [-0.39, 0.29) is 20.1 Å². The third kappa shape index (κ3) is 2.68. The molecule has 0 unspecified atom stereocenters. The first-order valence-corrected chi connectivity index (χ1v) is 7.39. The van der Waals surface area contributed by atoms with Crippen molar-refractivity contribution < 1.29 is 24.5 Å². The van der Waals surface area contributed by atoms with Crippen LogP contribution in [0.1, 0.15) is 17.0 Å². The Morgan fingerprint density at radius 3 is 2.62 bits per heavy atom. The molecule has 0 atom stereocenters. The summed E-state index contributed by atoms with van der Waals surface area (Å²) in [6, 6.07) is 13.1. The second-order valence-electron chi connectivity index (χ2n) is 5.56. The quantitative estimate of drug-likeness (QED) is 0.397. The van der Waals surface area contributed by atoms with E-state index in [1.807, 2.05) is 23.7 Å². The largest absolute Gasteiger partial charge is 0.488 e. The van der Waals surface area contributed by atoms with Gasteiger partial charge in [-0.15, -0.1) is 23.8 Å². The van der Waals surface area contributed by atoms with Crippen LogP contribution in [0.4, 0.5) is 0 Å². The van der Waals surface area contributed by atoms with Crippen LogP contribution in [0.25, 0.3) is 28.2 Å². The van der Waals surface area contributed by atoms with Crippen molar-refractivity contribution in [1.82, 2.24) is 19.7 Å². The van der Waals surface area contributed by atoms with Gasteiger partial charge < -0.3 is 4.42 Å². The van der Waals surface area contributed by atoms with Crippen LogP contribution in [-0.2, 0) is 20.1 Å². The Labute approximate surface area is 153 Å². The molecule has 1 radical (unpaired) electrons. The number of aromatic nitrogens is 4. The van der Waals surface area contributed by atoms with Gasteiger partial charge in [0.15, 0.2) is 5.89 Å². The van der Waals surface area contributed by atoms with Crippen LogP contribution in [0, 0.1) is 26.8 Å². The Morgan fingerprint density at radius 1 is 1.12 bits per heavy atom. The molecule has 0 N–H and O–H groups in total. The first-order valence-electron chi connectivity index (χ1n) is 7.39. The summed E-state index contributed by atoms with van der Waals surface area (Å²) in [5.74, 6) is 1.38. The molecule has 4 aromatic rings. The van der Waals surface area contributed by atoms with Gasteiger partial charge in [0.25, 0.3) is 0 Å². The van der Waals surface area contributed by atoms with Crippen molar-refractivity contribution in [2.45, 2.75) is 20.8 Å². The molecule has 123 valence electrons. The number of hydrogen-bond donors (Lipinski definition) is 0. The Bertz CT molecular complexity index is 999. The second-order valence-corrected chi connectivity index (χ2v) is 5.56. The van der Waals surface area contributed by atoms with E-state index in [1.165, 1.54) is 0 Å². The molecule has 2 aromatic heterocycles. The van der Waals surface area contributed by atoms with Crippen molar-refractivity contribution in [3.05, 3.63) is 59.7 Å². The number of hydrogen-bond acceptors (Lipinski definition) is 4. The first kappa shape index (κ1) is 16.6. The Kier molecular flexibility index (Phi) is 4.35. The minimum atomic E-state index is 0. The molecule has 0 amide bonds. The summed E-state index contributed by atoms with van der Waals surface area (Å²) >= 11 is 0. The maximum atomic E-state index is 5.51. The van der Waals surface area contributed by atoms with Gasteiger partial charge in [0, 0.05) is 32.5 Å². The number of oxazole rings is 1. The summed E-state index contributed by atoms with van der Waals surface area (Å²) in [4.78, 5) is 8.80. The fraction of sp³-hybridized carbons (Fsp3) is 0.167. The fourth-order valence-electron chi connectivity index (χ4n) is 2.85. The molecule has 0 fully saturated rings. The molecule has 0 saturated heterocycles. The van der Waals surface area contributed by atoms with Crippen molar-refractivity contribution in [3.8, 4) is 17.1 Å². The minimum absolute atomic E-state index is 0. The predicted octanol–water partition coefficient (Wildman–Crippen LogP) is 3.80. The number of rotatable bonds is 2. The normalized spacial score (nSPS) is 10.8. The molecular formula is C18H15IrN4O-. The zero-order valence-corrected chi connectivity index (χ0v) is 15.9. The smallest absolute Gasteiger partial charge is 0.180 e. The number of fused-ring (bicyclic) bond motifs is 1. The molecule has 0 aliphatic carbocycles. The van der Waals surface area contributed by atoms with E-state index in [9.17, 15) is 0 Å². The molecule has 2 aromatic carbocycles. The van der Waals surface area contributed by atoms with E-state index in [0.717, 1.165) is 39.3 Å². The number of benzene rings is 2. The monoisotopic (exact) mass is 496 g/mol. The van der Waals surface area contributed by atoms with E-state index in [2.05, 4.69) is 47.1 Å². The molecule has 0 aliphatic rings. The summed E-state index contributed by atoms with van der Waals surface area (Å²) in [5, 5.41) is 4.41. The van der Waals surface area contributed by atoms with E-state index < -0.39 is 0 Å². The average molecular weight is 496 g/mol. The van der Waals surface area contributed by atoms with E-state index in [0.29, 0.717) is 5.89 Å². The van der Waals surface area contributed by atoms with E-state index in [1.54, 1.807) is 12.4 Å². The van der Waals surface area contributed by atoms with E-state index in [4.69, 9.17) is 4.42 Å².